The average Bonchev–Trinajstić information content (AvgIpc) is 3.01. The number of hydrogen-bond acceptors (Lipinski definition) is 6. The van der Waals surface area contributed by atoms with E-state index in [0.29, 0.717) is 29.6 Å². The van der Waals surface area contributed by atoms with Gasteiger partial charge in [-0.05, 0) is 44.0 Å². The molecule has 170 valence electrons. The van der Waals surface area contributed by atoms with Crippen molar-refractivity contribution in [2.24, 2.45) is 0 Å². The van der Waals surface area contributed by atoms with Crippen molar-refractivity contribution in [1.82, 2.24) is 4.90 Å². The molecule has 1 heterocycles. The van der Waals surface area contributed by atoms with Crippen LogP contribution in [0.2, 0.25) is 0 Å². The second kappa shape index (κ2) is 12.7. The van der Waals surface area contributed by atoms with Crippen molar-refractivity contribution in [1.29, 1.82) is 0 Å². The van der Waals surface area contributed by atoms with Crippen molar-refractivity contribution in [3.63, 3.8) is 0 Å². The van der Waals surface area contributed by atoms with Gasteiger partial charge in [0.15, 0.2) is 11.5 Å². The highest BCUT2D eigenvalue weighted by Gasteiger charge is 2.38. The van der Waals surface area contributed by atoms with Crippen LogP contribution in [0, 0.1) is 0 Å². The van der Waals surface area contributed by atoms with E-state index in [1.54, 1.807) is 6.08 Å². The molecule has 0 radical (unpaired) electrons. The zero-order valence-corrected chi connectivity index (χ0v) is 20.0. The van der Waals surface area contributed by atoms with Crippen LogP contribution in [0.1, 0.15) is 64.9 Å². The molecular formula is C23H31NO5S2. The third-order valence-corrected chi connectivity index (χ3v) is 6.22. The van der Waals surface area contributed by atoms with Gasteiger partial charge in [-0.3, -0.25) is 9.69 Å². The fourth-order valence-corrected chi connectivity index (χ4v) is 4.56. The quantitative estimate of drug-likeness (QED) is 0.234. The fraction of sp³-hybridized carbons (Fsp3) is 0.522. The molecule has 0 saturated carbocycles. The highest BCUT2D eigenvalue weighted by Crippen LogP contribution is 2.36. The molecule has 0 bridgehead atoms. The molecule has 1 saturated heterocycles. The van der Waals surface area contributed by atoms with Gasteiger partial charge in [-0.1, -0.05) is 69.1 Å². The number of nitrogens with zero attached hydrogens (tertiary/aromatic N) is 1. The SMILES string of the molecule is CCCCCCCCOc1ccc(/C=C2/SC(=S)N([C@@H](C)C(=O)O)C2=O)cc1OCC. The predicted molar refractivity (Wildman–Crippen MR) is 129 cm³/mol. The molecule has 1 aromatic rings. The van der Waals surface area contributed by atoms with Crippen LogP contribution in [-0.4, -0.2) is 45.5 Å². The molecule has 1 amide bonds. The number of thioether (sulfide) groups is 1. The summed E-state index contributed by atoms with van der Waals surface area (Å²) < 4.78 is 11.9. The number of rotatable bonds is 13. The molecule has 0 spiro atoms. The topological polar surface area (TPSA) is 76.1 Å². The van der Waals surface area contributed by atoms with E-state index in [9.17, 15) is 14.7 Å². The number of carboxylic acids is 1. The molecule has 1 atom stereocenters. The van der Waals surface area contributed by atoms with Crippen LogP contribution in [0.5, 0.6) is 11.5 Å². The van der Waals surface area contributed by atoms with Gasteiger partial charge in [-0.2, -0.15) is 0 Å². The Kier molecular flexibility index (Phi) is 10.3. The summed E-state index contributed by atoms with van der Waals surface area (Å²) in [4.78, 5) is 25.4. The third kappa shape index (κ3) is 7.25. The smallest absolute Gasteiger partial charge is 0.326 e. The summed E-state index contributed by atoms with van der Waals surface area (Å²) in [5.74, 6) is -0.189. The number of thiocarbonyl (C=S) groups is 1. The number of carbonyl (C=O) groups excluding carboxylic acids is 1. The van der Waals surface area contributed by atoms with Crippen LogP contribution in [0.25, 0.3) is 6.08 Å². The Balaban J connectivity index is 2.06. The Morgan fingerprint density at radius 3 is 2.55 bits per heavy atom. The molecule has 0 aliphatic carbocycles. The van der Waals surface area contributed by atoms with Gasteiger partial charge in [0.2, 0.25) is 0 Å². The zero-order chi connectivity index (χ0) is 22.8. The van der Waals surface area contributed by atoms with Crippen molar-refractivity contribution in [2.45, 2.75) is 65.3 Å². The Hall–Kier alpha value is -2.06. The molecule has 0 unspecified atom stereocenters. The molecule has 2 rings (SSSR count). The van der Waals surface area contributed by atoms with Gasteiger partial charge in [0, 0.05) is 0 Å². The number of amides is 1. The van der Waals surface area contributed by atoms with E-state index in [4.69, 9.17) is 21.7 Å². The standard InChI is InChI=1S/C23H31NO5S2/c1-4-6-7-8-9-10-13-29-18-12-11-17(14-19(18)28-5-2)15-20-21(25)24(23(30)31-20)16(3)22(26)27/h11-12,14-16H,4-10,13H2,1-3H3,(H,26,27)/b20-15+/t16-/m0/s1. The van der Waals surface area contributed by atoms with Crippen molar-refractivity contribution in [3.05, 3.63) is 28.7 Å². The van der Waals surface area contributed by atoms with Crippen molar-refractivity contribution < 1.29 is 24.2 Å². The number of carbonyl (C=O) groups is 2. The minimum atomic E-state index is -1.09. The van der Waals surface area contributed by atoms with Crippen LogP contribution in [-0.2, 0) is 9.59 Å². The van der Waals surface area contributed by atoms with Gasteiger partial charge in [-0.15, -0.1) is 0 Å². The minimum absolute atomic E-state index is 0.245. The van der Waals surface area contributed by atoms with Gasteiger partial charge in [0.05, 0.1) is 18.1 Å². The average molecular weight is 466 g/mol. The van der Waals surface area contributed by atoms with Gasteiger partial charge in [0.1, 0.15) is 10.4 Å². The zero-order valence-electron chi connectivity index (χ0n) is 18.4. The summed E-state index contributed by atoms with van der Waals surface area (Å²) in [6.07, 6.45) is 8.88. The first-order valence-electron chi connectivity index (χ1n) is 10.8. The molecule has 8 heteroatoms. The maximum atomic E-state index is 12.6. The van der Waals surface area contributed by atoms with Crippen molar-refractivity contribution in [2.75, 3.05) is 13.2 Å². The van der Waals surface area contributed by atoms with Crippen LogP contribution < -0.4 is 9.47 Å². The Morgan fingerprint density at radius 1 is 1.16 bits per heavy atom. The molecule has 0 aromatic heterocycles. The minimum Gasteiger partial charge on any atom is -0.490 e. The summed E-state index contributed by atoms with van der Waals surface area (Å²) in [6.45, 7) is 6.69. The molecule has 1 aromatic carbocycles. The van der Waals surface area contributed by atoms with E-state index >= 15 is 0 Å². The maximum absolute atomic E-state index is 12.6. The van der Waals surface area contributed by atoms with Gasteiger partial charge < -0.3 is 14.6 Å². The summed E-state index contributed by atoms with van der Waals surface area (Å²) >= 11 is 6.31. The lowest BCUT2D eigenvalue weighted by molar-refractivity contribution is -0.144. The Labute approximate surface area is 194 Å². The summed E-state index contributed by atoms with van der Waals surface area (Å²) in [5, 5.41) is 9.21. The van der Waals surface area contributed by atoms with Crippen LogP contribution in [0.15, 0.2) is 23.1 Å². The molecule has 1 aliphatic heterocycles. The molecule has 1 fully saturated rings. The number of hydrogen-bond donors (Lipinski definition) is 1. The van der Waals surface area contributed by atoms with E-state index in [-0.39, 0.29) is 4.32 Å². The van der Waals surface area contributed by atoms with E-state index in [1.165, 1.54) is 32.6 Å². The fourth-order valence-electron chi connectivity index (χ4n) is 3.14. The monoisotopic (exact) mass is 465 g/mol. The summed E-state index contributed by atoms with van der Waals surface area (Å²) in [6, 6.07) is 4.52. The number of carboxylic acid groups (broad SMARTS) is 1. The first-order chi connectivity index (χ1) is 14.9. The summed E-state index contributed by atoms with van der Waals surface area (Å²) in [7, 11) is 0. The number of aliphatic carboxylic acids is 1. The van der Waals surface area contributed by atoms with E-state index < -0.39 is 17.9 Å². The lowest BCUT2D eigenvalue weighted by atomic mass is 10.1. The number of benzene rings is 1. The third-order valence-electron chi connectivity index (χ3n) is 4.89. The lowest BCUT2D eigenvalue weighted by Crippen LogP contribution is -2.41. The second-order valence-electron chi connectivity index (χ2n) is 7.32. The normalized spacial score (nSPS) is 16.1. The maximum Gasteiger partial charge on any atom is 0.326 e. The molecule has 1 N–H and O–H groups in total. The highest BCUT2D eigenvalue weighted by atomic mass is 32.2. The van der Waals surface area contributed by atoms with Crippen LogP contribution in [0.4, 0.5) is 0 Å². The van der Waals surface area contributed by atoms with E-state index in [1.807, 2.05) is 25.1 Å². The van der Waals surface area contributed by atoms with Gasteiger partial charge in [0.25, 0.3) is 5.91 Å². The number of ether oxygens (including phenoxy) is 2. The highest BCUT2D eigenvalue weighted by molar-refractivity contribution is 8.26. The van der Waals surface area contributed by atoms with E-state index in [0.717, 1.165) is 35.1 Å². The first kappa shape index (κ1) is 25.2. The molecular weight excluding hydrogens is 434 g/mol. The van der Waals surface area contributed by atoms with Crippen molar-refractivity contribution in [3.8, 4) is 11.5 Å². The van der Waals surface area contributed by atoms with E-state index in [2.05, 4.69) is 6.92 Å². The van der Waals surface area contributed by atoms with Gasteiger partial charge in [-0.25, -0.2) is 4.79 Å². The van der Waals surface area contributed by atoms with Crippen LogP contribution in [0.3, 0.4) is 0 Å². The second-order valence-corrected chi connectivity index (χ2v) is 9.00. The largest absolute Gasteiger partial charge is 0.490 e. The lowest BCUT2D eigenvalue weighted by Gasteiger charge is -2.18. The molecule has 31 heavy (non-hydrogen) atoms. The molecule has 1 aliphatic rings. The number of unbranched alkanes of at least 4 members (excludes halogenated alkanes) is 5. The Bertz CT molecular complexity index is 824. The molecule has 6 nitrogen and oxygen atoms in total. The Morgan fingerprint density at radius 2 is 1.87 bits per heavy atom. The first-order valence-corrected chi connectivity index (χ1v) is 12.0. The summed E-state index contributed by atoms with van der Waals surface area (Å²) in [5.41, 5.74) is 0.763. The van der Waals surface area contributed by atoms with Gasteiger partial charge >= 0.3 is 5.97 Å². The van der Waals surface area contributed by atoms with Crippen molar-refractivity contribution >= 4 is 46.3 Å². The predicted octanol–water partition coefficient (Wildman–Crippen LogP) is 5.50. The van der Waals surface area contributed by atoms with Crippen LogP contribution >= 0.6 is 24.0 Å².